The van der Waals surface area contributed by atoms with E-state index in [0.717, 1.165) is 19.3 Å². The van der Waals surface area contributed by atoms with Crippen LogP contribution < -0.4 is 10.6 Å². The number of rotatable bonds is 6. The molecule has 0 aliphatic heterocycles. The number of carboxylic acid groups (broad SMARTS) is 1. The van der Waals surface area contributed by atoms with Crippen LogP contribution in [0.25, 0.3) is 0 Å². The first-order valence-electron chi connectivity index (χ1n) is 6.88. The Labute approximate surface area is 118 Å². The Kier molecular flexibility index (Phi) is 7.05. The summed E-state index contributed by atoms with van der Waals surface area (Å²) >= 11 is 1.79. The molecule has 3 unspecified atom stereocenters. The monoisotopic (exact) mass is 288 g/mol. The van der Waals surface area contributed by atoms with Gasteiger partial charge in [-0.2, -0.15) is 11.8 Å². The molecule has 3 atom stereocenters. The standard InChI is InChI=1S/C13H24N2O3S/c1-3-9(12(16)17)8-14-13(18)15-10-6-4-5-7-11(10)19-2/h9-11H,3-8H2,1-2H3,(H,16,17)(H2,14,15,18). The average Bonchev–Trinajstić information content (AvgIpc) is 2.39. The van der Waals surface area contributed by atoms with E-state index in [1.807, 2.05) is 6.92 Å². The molecule has 0 spiro atoms. The van der Waals surface area contributed by atoms with E-state index in [9.17, 15) is 9.59 Å². The smallest absolute Gasteiger partial charge is 0.315 e. The van der Waals surface area contributed by atoms with Gasteiger partial charge in [-0.25, -0.2) is 4.79 Å². The number of nitrogens with one attached hydrogen (secondary N) is 2. The number of thioether (sulfide) groups is 1. The van der Waals surface area contributed by atoms with Crippen molar-refractivity contribution in [2.45, 2.75) is 50.3 Å². The summed E-state index contributed by atoms with van der Waals surface area (Å²) in [5.74, 6) is -1.36. The molecular formula is C13H24N2O3S. The fourth-order valence-electron chi connectivity index (χ4n) is 2.39. The van der Waals surface area contributed by atoms with Crippen molar-refractivity contribution in [3.8, 4) is 0 Å². The zero-order valence-electron chi connectivity index (χ0n) is 11.6. The van der Waals surface area contributed by atoms with Gasteiger partial charge in [-0.05, 0) is 25.5 Å². The lowest BCUT2D eigenvalue weighted by Gasteiger charge is -2.31. The third kappa shape index (κ3) is 5.30. The van der Waals surface area contributed by atoms with Crippen molar-refractivity contribution in [1.29, 1.82) is 0 Å². The summed E-state index contributed by atoms with van der Waals surface area (Å²) in [6.07, 6.45) is 7.11. The van der Waals surface area contributed by atoms with Crippen LogP contribution in [0.3, 0.4) is 0 Å². The number of carboxylic acids is 1. The van der Waals surface area contributed by atoms with Gasteiger partial charge in [-0.15, -0.1) is 0 Å². The highest BCUT2D eigenvalue weighted by molar-refractivity contribution is 7.99. The average molecular weight is 288 g/mol. The maximum atomic E-state index is 11.8. The minimum absolute atomic E-state index is 0.189. The van der Waals surface area contributed by atoms with Crippen LogP contribution in [0.1, 0.15) is 39.0 Å². The Morgan fingerprint density at radius 1 is 1.37 bits per heavy atom. The van der Waals surface area contributed by atoms with Gasteiger partial charge in [0.15, 0.2) is 0 Å². The second-order valence-corrected chi connectivity index (χ2v) is 6.04. The van der Waals surface area contributed by atoms with E-state index in [-0.39, 0.29) is 18.6 Å². The third-order valence-electron chi connectivity index (χ3n) is 3.67. The number of hydrogen-bond acceptors (Lipinski definition) is 3. The molecule has 2 amide bonds. The molecule has 1 fully saturated rings. The second-order valence-electron chi connectivity index (χ2n) is 4.96. The van der Waals surface area contributed by atoms with E-state index in [1.54, 1.807) is 11.8 Å². The van der Waals surface area contributed by atoms with E-state index >= 15 is 0 Å². The molecule has 0 heterocycles. The van der Waals surface area contributed by atoms with Crippen molar-refractivity contribution < 1.29 is 14.7 Å². The van der Waals surface area contributed by atoms with Crippen molar-refractivity contribution in [1.82, 2.24) is 10.6 Å². The topological polar surface area (TPSA) is 78.4 Å². The molecule has 1 aliphatic carbocycles. The Bertz CT molecular complexity index is 312. The van der Waals surface area contributed by atoms with Crippen molar-refractivity contribution in [3.63, 3.8) is 0 Å². The van der Waals surface area contributed by atoms with Crippen LogP contribution in [0.2, 0.25) is 0 Å². The predicted octanol–water partition coefficient (Wildman–Crippen LogP) is 2.07. The summed E-state index contributed by atoms with van der Waals surface area (Å²) in [6, 6.07) is -0.0423. The van der Waals surface area contributed by atoms with E-state index in [4.69, 9.17) is 5.11 Å². The molecule has 0 aromatic carbocycles. The molecule has 0 bridgehead atoms. The maximum absolute atomic E-state index is 11.8. The van der Waals surface area contributed by atoms with Gasteiger partial charge < -0.3 is 15.7 Å². The minimum atomic E-state index is -0.859. The van der Waals surface area contributed by atoms with E-state index in [1.165, 1.54) is 6.42 Å². The van der Waals surface area contributed by atoms with Crippen molar-refractivity contribution in [2.24, 2.45) is 5.92 Å². The second kappa shape index (κ2) is 8.30. The van der Waals surface area contributed by atoms with Gasteiger partial charge in [0.05, 0.1) is 5.92 Å². The molecule has 1 saturated carbocycles. The number of urea groups is 1. The van der Waals surface area contributed by atoms with Crippen molar-refractivity contribution >= 4 is 23.8 Å². The SMILES string of the molecule is CCC(CNC(=O)NC1CCCCC1SC)C(=O)O. The fraction of sp³-hybridized carbons (Fsp3) is 0.846. The molecule has 1 aliphatic rings. The van der Waals surface area contributed by atoms with Crippen molar-refractivity contribution in [2.75, 3.05) is 12.8 Å². The molecule has 19 heavy (non-hydrogen) atoms. The molecule has 6 heteroatoms. The Morgan fingerprint density at radius 3 is 2.63 bits per heavy atom. The van der Waals surface area contributed by atoms with Crippen LogP contribution in [0.5, 0.6) is 0 Å². The number of carbonyl (C=O) groups excluding carboxylic acids is 1. The van der Waals surface area contributed by atoms with Crippen LogP contribution in [0.15, 0.2) is 0 Å². The highest BCUT2D eigenvalue weighted by Crippen LogP contribution is 2.26. The summed E-state index contributed by atoms with van der Waals surface area (Å²) in [7, 11) is 0. The molecule has 5 nitrogen and oxygen atoms in total. The lowest BCUT2D eigenvalue weighted by Crippen LogP contribution is -2.49. The largest absolute Gasteiger partial charge is 0.481 e. The maximum Gasteiger partial charge on any atom is 0.315 e. The van der Waals surface area contributed by atoms with Crippen LogP contribution in [-0.2, 0) is 4.79 Å². The van der Waals surface area contributed by atoms with Crippen LogP contribution in [0.4, 0.5) is 4.79 Å². The fourth-order valence-corrected chi connectivity index (χ4v) is 3.32. The molecule has 0 saturated heterocycles. The first-order chi connectivity index (χ1) is 9.08. The van der Waals surface area contributed by atoms with Gasteiger partial charge in [-0.3, -0.25) is 4.79 Å². The summed E-state index contributed by atoms with van der Waals surface area (Å²) < 4.78 is 0. The van der Waals surface area contributed by atoms with Gasteiger partial charge in [0.2, 0.25) is 0 Å². The molecule has 0 aromatic rings. The normalized spacial score (nSPS) is 24.5. The quantitative estimate of drug-likeness (QED) is 0.699. The van der Waals surface area contributed by atoms with Gasteiger partial charge in [0.1, 0.15) is 0 Å². The summed E-state index contributed by atoms with van der Waals surface area (Å²) in [4.78, 5) is 22.6. The molecule has 1 rings (SSSR count). The van der Waals surface area contributed by atoms with Crippen molar-refractivity contribution in [3.05, 3.63) is 0 Å². The highest BCUT2D eigenvalue weighted by Gasteiger charge is 2.26. The molecule has 0 radical (unpaired) electrons. The lowest BCUT2D eigenvalue weighted by atomic mass is 9.95. The van der Waals surface area contributed by atoms with Crippen LogP contribution in [-0.4, -0.2) is 41.2 Å². The van der Waals surface area contributed by atoms with Crippen LogP contribution >= 0.6 is 11.8 Å². The van der Waals surface area contributed by atoms with E-state index < -0.39 is 11.9 Å². The van der Waals surface area contributed by atoms with Crippen LogP contribution in [0, 0.1) is 5.92 Å². The predicted molar refractivity (Wildman–Crippen MR) is 77.5 cm³/mol. The van der Waals surface area contributed by atoms with Gasteiger partial charge in [0, 0.05) is 17.8 Å². The zero-order valence-corrected chi connectivity index (χ0v) is 12.5. The Balaban J connectivity index is 2.35. The number of hydrogen-bond donors (Lipinski definition) is 3. The Hall–Kier alpha value is -0.910. The van der Waals surface area contributed by atoms with Gasteiger partial charge in [0.25, 0.3) is 0 Å². The van der Waals surface area contributed by atoms with E-state index in [0.29, 0.717) is 11.7 Å². The number of aliphatic carboxylic acids is 1. The first kappa shape index (κ1) is 16.1. The van der Waals surface area contributed by atoms with Gasteiger partial charge in [-0.1, -0.05) is 19.8 Å². The van der Waals surface area contributed by atoms with E-state index in [2.05, 4.69) is 16.9 Å². The zero-order chi connectivity index (χ0) is 14.3. The third-order valence-corrected chi connectivity index (χ3v) is 4.84. The first-order valence-corrected chi connectivity index (χ1v) is 8.17. The van der Waals surface area contributed by atoms with Gasteiger partial charge >= 0.3 is 12.0 Å². The summed E-state index contributed by atoms with van der Waals surface area (Å²) in [5, 5.41) is 15.0. The highest BCUT2D eigenvalue weighted by atomic mass is 32.2. The Morgan fingerprint density at radius 2 is 2.05 bits per heavy atom. The molecule has 0 aromatic heterocycles. The summed E-state index contributed by atoms with van der Waals surface area (Å²) in [6.45, 7) is 2.00. The lowest BCUT2D eigenvalue weighted by molar-refractivity contribution is -0.141. The molecule has 110 valence electrons. The number of carbonyl (C=O) groups is 2. The molecular weight excluding hydrogens is 264 g/mol. The molecule has 3 N–H and O–H groups in total. The minimum Gasteiger partial charge on any atom is -0.481 e. The number of amides is 2. The summed E-state index contributed by atoms with van der Waals surface area (Å²) in [5.41, 5.74) is 0.